The molecular weight excluding hydrogens is 256 g/mol. The van der Waals surface area contributed by atoms with Gasteiger partial charge in [-0.1, -0.05) is 6.07 Å². The minimum absolute atomic E-state index is 0.183. The highest BCUT2D eigenvalue weighted by Crippen LogP contribution is 2.34. The van der Waals surface area contributed by atoms with E-state index in [2.05, 4.69) is 18.8 Å². The molecule has 1 unspecified atom stereocenters. The Morgan fingerprint density at radius 3 is 3.00 bits per heavy atom. The summed E-state index contributed by atoms with van der Waals surface area (Å²) in [5, 5.41) is 9.36. The summed E-state index contributed by atoms with van der Waals surface area (Å²) >= 11 is 0. The summed E-state index contributed by atoms with van der Waals surface area (Å²) in [5.41, 5.74) is 1.57. The number of ether oxygens (including phenoxy) is 1. The van der Waals surface area contributed by atoms with Crippen molar-refractivity contribution in [3.05, 3.63) is 30.1 Å². The predicted molar refractivity (Wildman–Crippen MR) is 75.0 cm³/mol. The first-order chi connectivity index (χ1) is 9.48. The van der Waals surface area contributed by atoms with Gasteiger partial charge in [0, 0.05) is 12.6 Å². The summed E-state index contributed by atoms with van der Waals surface area (Å²) in [4.78, 5) is 15.8. The Hall–Kier alpha value is -1.88. The van der Waals surface area contributed by atoms with Crippen LogP contribution in [0.1, 0.15) is 43.1 Å². The lowest BCUT2D eigenvalue weighted by molar-refractivity contribution is -0.0685. The van der Waals surface area contributed by atoms with E-state index in [0.717, 1.165) is 18.4 Å². The molecule has 5 heteroatoms. The van der Waals surface area contributed by atoms with Crippen LogP contribution in [0.25, 0.3) is 11.0 Å². The normalized spacial score (nSPS) is 22.0. The predicted octanol–water partition coefficient (Wildman–Crippen LogP) is 2.86. The number of carboxylic acid groups (broad SMARTS) is 1. The second-order valence-corrected chi connectivity index (χ2v) is 5.89. The minimum Gasteiger partial charge on any atom is -0.478 e. The molecule has 0 saturated carbocycles. The summed E-state index contributed by atoms with van der Waals surface area (Å²) < 4.78 is 7.74. The van der Waals surface area contributed by atoms with Crippen molar-refractivity contribution in [3.8, 4) is 0 Å². The van der Waals surface area contributed by atoms with Crippen molar-refractivity contribution in [1.29, 1.82) is 0 Å². The van der Waals surface area contributed by atoms with Crippen LogP contribution < -0.4 is 0 Å². The molecule has 1 aliphatic rings. The maximum atomic E-state index is 11.4. The van der Waals surface area contributed by atoms with Gasteiger partial charge in [0.25, 0.3) is 0 Å². The molecule has 0 amide bonds. The van der Waals surface area contributed by atoms with E-state index < -0.39 is 5.97 Å². The number of carboxylic acids is 1. The van der Waals surface area contributed by atoms with Crippen LogP contribution in [0.3, 0.4) is 0 Å². The lowest BCUT2D eigenvalue weighted by Crippen LogP contribution is -2.35. The van der Waals surface area contributed by atoms with E-state index in [0.29, 0.717) is 17.7 Å². The number of aromatic nitrogens is 2. The van der Waals surface area contributed by atoms with Gasteiger partial charge in [0.1, 0.15) is 0 Å². The molecule has 106 valence electrons. The maximum absolute atomic E-state index is 11.4. The number of hydrogen-bond acceptors (Lipinski definition) is 3. The van der Waals surface area contributed by atoms with E-state index in [-0.39, 0.29) is 11.6 Å². The maximum Gasteiger partial charge on any atom is 0.337 e. The molecule has 0 radical (unpaired) electrons. The molecule has 5 nitrogen and oxygen atoms in total. The smallest absolute Gasteiger partial charge is 0.337 e. The van der Waals surface area contributed by atoms with E-state index in [4.69, 9.17) is 4.74 Å². The summed E-state index contributed by atoms with van der Waals surface area (Å²) in [6, 6.07) is 5.44. The fourth-order valence-electron chi connectivity index (χ4n) is 2.98. The molecule has 1 aliphatic heterocycles. The van der Waals surface area contributed by atoms with Gasteiger partial charge in [0.05, 0.1) is 28.5 Å². The van der Waals surface area contributed by atoms with Crippen LogP contribution >= 0.6 is 0 Å². The van der Waals surface area contributed by atoms with Crippen molar-refractivity contribution in [2.24, 2.45) is 0 Å². The first-order valence-corrected chi connectivity index (χ1v) is 6.81. The van der Waals surface area contributed by atoms with Gasteiger partial charge >= 0.3 is 5.97 Å². The second-order valence-electron chi connectivity index (χ2n) is 5.89. The van der Waals surface area contributed by atoms with Crippen molar-refractivity contribution < 1.29 is 14.6 Å². The number of hydrogen-bond donors (Lipinski definition) is 1. The summed E-state index contributed by atoms with van der Waals surface area (Å²) in [5.74, 6) is -0.913. The molecule has 1 fully saturated rings. The van der Waals surface area contributed by atoms with Gasteiger partial charge < -0.3 is 14.4 Å². The van der Waals surface area contributed by atoms with E-state index in [1.54, 1.807) is 18.5 Å². The van der Waals surface area contributed by atoms with Crippen molar-refractivity contribution in [2.45, 2.75) is 38.3 Å². The topological polar surface area (TPSA) is 64.4 Å². The van der Waals surface area contributed by atoms with Gasteiger partial charge in [-0.05, 0) is 38.8 Å². The Labute approximate surface area is 117 Å². The molecular formula is C15H18N2O3. The van der Waals surface area contributed by atoms with Crippen LogP contribution in [0, 0.1) is 0 Å². The number of nitrogens with zero attached hydrogens (tertiary/aromatic N) is 2. The number of carbonyl (C=O) groups is 1. The SMILES string of the molecule is CC1(C)CC(n2cnc3cccc(C(=O)O)c32)CCO1. The molecule has 1 aromatic carbocycles. The minimum atomic E-state index is -0.913. The third-order valence-corrected chi connectivity index (χ3v) is 3.89. The zero-order valence-corrected chi connectivity index (χ0v) is 11.7. The number of para-hydroxylation sites is 1. The Bertz CT molecular complexity index is 660. The average Bonchev–Trinajstić information content (AvgIpc) is 2.80. The highest BCUT2D eigenvalue weighted by Gasteiger charge is 2.31. The first kappa shape index (κ1) is 13.1. The standard InChI is InChI=1S/C15H18N2O3/c1-15(2)8-10(6-7-20-15)17-9-16-12-5-3-4-11(13(12)17)14(18)19/h3-5,9-10H,6-8H2,1-2H3,(H,18,19). The quantitative estimate of drug-likeness (QED) is 0.914. The Morgan fingerprint density at radius 1 is 1.50 bits per heavy atom. The van der Waals surface area contributed by atoms with Gasteiger partial charge in [0.2, 0.25) is 0 Å². The molecule has 0 bridgehead atoms. The monoisotopic (exact) mass is 274 g/mol. The summed E-state index contributed by atoms with van der Waals surface area (Å²) in [6.07, 6.45) is 3.48. The third kappa shape index (κ3) is 2.18. The average molecular weight is 274 g/mol. The van der Waals surface area contributed by atoms with Gasteiger partial charge in [0.15, 0.2) is 0 Å². The molecule has 0 spiro atoms. The molecule has 20 heavy (non-hydrogen) atoms. The Morgan fingerprint density at radius 2 is 2.30 bits per heavy atom. The number of imidazole rings is 1. The molecule has 0 aliphatic carbocycles. The van der Waals surface area contributed by atoms with E-state index >= 15 is 0 Å². The number of aromatic carboxylic acids is 1. The van der Waals surface area contributed by atoms with E-state index in [1.807, 2.05) is 10.6 Å². The van der Waals surface area contributed by atoms with E-state index in [1.165, 1.54) is 0 Å². The lowest BCUT2D eigenvalue weighted by atomic mass is 9.93. The van der Waals surface area contributed by atoms with Crippen molar-refractivity contribution in [3.63, 3.8) is 0 Å². The Kier molecular flexibility index (Phi) is 3.01. The zero-order valence-electron chi connectivity index (χ0n) is 11.7. The molecule has 1 atom stereocenters. The molecule has 1 saturated heterocycles. The van der Waals surface area contributed by atoms with Crippen molar-refractivity contribution in [1.82, 2.24) is 9.55 Å². The van der Waals surface area contributed by atoms with Crippen molar-refractivity contribution in [2.75, 3.05) is 6.61 Å². The first-order valence-electron chi connectivity index (χ1n) is 6.81. The van der Waals surface area contributed by atoms with Gasteiger partial charge in [-0.2, -0.15) is 0 Å². The summed E-state index contributed by atoms with van der Waals surface area (Å²) in [6.45, 7) is 4.82. The molecule has 1 aromatic heterocycles. The number of rotatable bonds is 2. The largest absolute Gasteiger partial charge is 0.478 e. The highest BCUT2D eigenvalue weighted by molar-refractivity contribution is 6.01. The van der Waals surface area contributed by atoms with Gasteiger partial charge in [-0.3, -0.25) is 0 Å². The second kappa shape index (κ2) is 4.59. The number of benzene rings is 1. The third-order valence-electron chi connectivity index (χ3n) is 3.89. The molecule has 2 heterocycles. The van der Waals surface area contributed by atoms with Crippen LogP contribution in [0.2, 0.25) is 0 Å². The fraction of sp³-hybridized carbons (Fsp3) is 0.467. The van der Waals surface area contributed by atoms with E-state index in [9.17, 15) is 9.90 Å². The van der Waals surface area contributed by atoms with Crippen molar-refractivity contribution >= 4 is 17.0 Å². The van der Waals surface area contributed by atoms with Crippen LogP contribution in [0.4, 0.5) is 0 Å². The van der Waals surface area contributed by atoms with Gasteiger partial charge in [-0.15, -0.1) is 0 Å². The van der Waals surface area contributed by atoms with Crippen LogP contribution in [-0.2, 0) is 4.74 Å². The lowest BCUT2D eigenvalue weighted by Gasteiger charge is -2.36. The van der Waals surface area contributed by atoms with Crippen LogP contribution in [0.15, 0.2) is 24.5 Å². The summed E-state index contributed by atoms with van der Waals surface area (Å²) in [7, 11) is 0. The molecule has 2 aromatic rings. The van der Waals surface area contributed by atoms with Crippen LogP contribution in [0.5, 0.6) is 0 Å². The Balaban J connectivity index is 2.10. The van der Waals surface area contributed by atoms with Crippen LogP contribution in [-0.4, -0.2) is 32.8 Å². The zero-order chi connectivity index (χ0) is 14.3. The molecule has 1 N–H and O–H groups in total. The fourth-order valence-corrected chi connectivity index (χ4v) is 2.98. The molecule has 3 rings (SSSR count). The van der Waals surface area contributed by atoms with Gasteiger partial charge in [-0.25, -0.2) is 9.78 Å². The number of fused-ring (bicyclic) bond motifs is 1. The highest BCUT2D eigenvalue weighted by atomic mass is 16.5.